The van der Waals surface area contributed by atoms with E-state index in [1.165, 1.54) is 23.1 Å². The molecule has 0 atom stereocenters. The molecule has 0 aromatic carbocycles. The van der Waals surface area contributed by atoms with Gasteiger partial charge >= 0.3 is 0 Å². The molecule has 0 amide bonds. The topological polar surface area (TPSA) is 47.3 Å². The van der Waals surface area contributed by atoms with Gasteiger partial charge in [0.2, 0.25) is 0 Å². The summed E-state index contributed by atoms with van der Waals surface area (Å²) in [5.74, 6) is 0. The van der Waals surface area contributed by atoms with Crippen LogP contribution in [0.1, 0.15) is 10.5 Å². The van der Waals surface area contributed by atoms with Crippen LogP contribution in [-0.2, 0) is 0 Å². The molecule has 3 aromatic heterocycles. The van der Waals surface area contributed by atoms with Gasteiger partial charge in [0.1, 0.15) is 15.7 Å². The fourth-order valence-electron chi connectivity index (χ4n) is 1.49. The number of pyridine rings is 1. The number of aldehydes is 1. The van der Waals surface area contributed by atoms with Gasteiger partial charge in [0.15, 0.2) is 11.2 Å². The molecule has 0 saturated heterocycles. The van der Waals surface area contributed by atoms with Crippen molar-refractivity contribution in [2.75, 3.05) is 0 Å². The number of nitrogens with zero attached hydrogens (tertiary/aromatic N) is 3. The summed E-state index contributed by atoms with van der Waals surface area (Å²) >= 11 is 8.61. The van der Waals surface area contributed by atoms with Crippen LogP contribution in [0.5, 0.6) is 0 Å². The SMILES string of the molecule is O=Cc1c(Sc2ccc(Cl)cn2)nc2sccn12. The van der Waals surface area contributed by atoms with Gasteiger partial charge in [0.25, 0.3) is 0 Å². The molecule has 0 bridgehead atoms. The summed E-state index contributed by atoms with van der Waals surface area (Å²) in [6.07, 6.45) is 4.21. The maximum atomic E-state index is 11.1. The lowest BCUT2D eigenvalue weighted by atomic mass is 10.5. The van der Waals surface area contributed by atoms with Crippen LogP contribution in [0, 0.1) is 0 Å². The number of imidazole rings is 1. The first kappa shape index (κ1) is 11.7. The Morgan fingerprint density at radius 3 is 3.06 bits per heavy atom. The second-order valence-electron chi connectivity index (χ2n) is 3.39. The Labute approximate surface area is 116 Å². The molecule has 0 aliphatic carbocycles. The largest absolute Gasteiger partial charge is 0.296 e. The minimum absolute atomic E-state index is 0.549. The van der Waals surface area contributed by atoms with Crippen LogP contribution >= 0.6 is 34.7 Å². The van der Waals surface area contributed by atoms with E-state index < -0.39 is 0 Å². The summed E-state index contributed by atoms with van der Waals surface area (Å²) in [4.78, 5) is 20.5. The molecular weight excluding hydrogens is 290 g/mol. The first-order valence-corrected chi connectivity index (χ1v) is 7.05. The van der Waals surface area contributed by atoms with Crippen molar-refractivity contribution >= 4 is 45.9 Å². The lowest BCUT2D eigenvalue weighted by Gasteiger charge is -1.98. The number of hydrogen-bond donors (Lipinski definition) is 0. The Morgan fingerprint density at radius 2 is 2.33 bits per heavy atom. The second kappa shape index (κ2) is 4.72. The molecule has 0 N–H and O–H groups in total. The van der Waals surface area contributed by atoms with Gasteiger partial charge in [0.05, 0.1) is 5.02 Å². The Morgan fingerprint density at radius 1 is 1.44 bits per heavy atom. The van der Waals surface area contributed by atoms with Gasteiger partial charge in [-0.15, -0.1) is 11.3 Å². The van der Waals surface area contributed by atoms with E-state index in [-0.39, 0.29) is 0 Å². The highest BCUT2D eigenvalue weighted by Gasteiger charge is 2.14. The number of hydrogen-bond acceptors (Lipinski definition) is 5. The van der Waals surface area contributed by atoms with Gasteiger partial charge in [-0.05, 0) is 23.9 Å². The number of carbonyl (C=O) groups excluding carboxylic acids is 1. The fourth-order valence-corrected chi connectivity index (χ4v) is 3.20. The average molecular weight is 296 g/mol. The number of carbonyl (C=O) groups is 1. The van der Waals surface area contributed by atoms with Gasteiger partial charge in [-0.1, -0.05) is 11.6 Å². The minimum atomic E-state index is 0.549. The van der Waals surface area contributed by atoms with E-state index in [9.17, 15) is 4.79 Å². The van der Waals surface area contributed by atoms with E-state index in [0.717, 1.165) is 16.3 Å². The summed E-state index contributed by atoms with van der Waals surface area (Å²) in [5.41, 5.74) is 0.549. The van der Waals surface area contributed by atoms with Crippen molar-refractivity contribution in [3.63, 3.8) is 0 Å². The van der Waals surface area contributed by atoms with Crippen molar-refractivity contribution in [3.05, 3.63) is 40.6 Å². The molecule has 0 saturated carbocycles. The van der Waals surface area contributed by atoms with Crippen LogP contribution in [-0.4, -0.2) is 20.7 Å². The molecule has 0 fully saturated rings. The lowest BCUT2D eigenvalue weighted by Crippen LogP contribution is -1.88. The highest BCUT2D eigenvalue weighted by Crippen LogP contribution is 2.30. The third-order valence-corrected chi connectivity index (χ3v) is 4.20. The average Bonchev–Trinajstić information content (AvgIpc) is 2.92. The van der Waals surface area contributed by atoms with E-state index in [0.29, 0.717) is 15.7 Å². The van der Waals surface area contributed by atoms with Gasteiger partial charge < -0.3 is 0 Å². The molecule has 0 aliphatic rings. The smallest absolute Gasteiger partial charge is 0.195 e. The molecular formula is C11H6ClN3OS2. The van der Waals surface area contributed by atoms with E-state index in [2.05, 4.69) is 9.97 Å². The molecule has 3 rings (SSSR count). The fraction of sp³-hybridized carbons (Fsp3) is 0. The molecule has 0 aliphatic heterocycles. The van der Waals surface area contributed by atoms with E-state index in [1.54, 1.807) is 22.7 Å². The Balaban J connectivity index is 2.01. The predicted molar refractivity (Wildman–Crippen MR) is 71.8 cm³/mol. The Kier molecular flexibility index (Phi) is 3.07. The van der Waals surface area contributed by atoms with Crippen LogP contribution < -0.4 is 0 Å². The molecule has 3 heterocycles. The molecule has 90 valence electrons. The van der Waals surface area contributed by atoms with Crippen LogP contribution in [0.2, 0.25) is 5.02 Å². The quantitative estimate of drug-likeness (QED) is 0.695. The van der Waals surface area contributed by atoms with Crippen molar-refractivity contribution in [1.82, 2.24) is 14.4 Å². The molecule has 0 spiro atoms. The Bertz CT molecular complexity index is 705. The van der Waals surface area contributed by atoms with E-state index in [1.807, 2.05) is 11.6 Å². The second-order valence-corrected chi connectivity index (χ2v) is 5.71. The zero-order chi connectivity index (χ0) is 12.5. The molecule has 0 radical (unpaired) electrons. The van der Waals surface area contributed by atoms with Gasteiger partial charge in [-0.25, -0.2) is 9.97 Å². The summed E-state index contributed by atoms with van der Waals surface area (Å²) in [6.45, 7) is 0. The molecule has 7 heteroatoms. The first-order chi connectivity index (χ1) is 8.78. The molecule has 18 heavy (non-hydrogen) atoms. The number of thiazole rings is 1. The number of halogens is 1. The monoisotopic (exact) mass is 295 g/mol. The minimum Gasteiger partial charge on any atom is -0.296 e. The predicted octanol–water partition coefficient (Wildman–Crippen LogP) is 3.41. The first-order valence-electron chi connectivity index (χ1n) is 4.98. The number of fused-ring (bicyclic) bond motifs is 1. The highest BCUT2D eigenvalue weighted by atomic mass is 35.5. The summed E-state index contributed by atoms with van der Waals surface area (Å²) < 4.78 is 1.77. The van der Waals surface area contributed by atoms with Crippen molar-refractivity contribution in [3.8, 4) is 0 Å². The number of rotatable bonds is 3. The van der Waals surface area contributed by atoms with Crippen molar-refractivity contribution < 1.29 is 4.79 Å². The Hall–Kier alpha value is -1.37. The van der Waals surface area contributed by atoms with Gasteiger partial charge in [-0.2, -0.15) is 0 Å². The van der Waals surface area contributed by atoms with Crippen molar-refractivity contribution in [2.24, 2.45) is 0 Å². The molecule has 0 unspecified atom stereocenters. The van der Waals surface area contributed by atoms with Crippen LogP contribution in [0.15, 0.2) is 40.0 Å². The van der Waals surface area contributed by atoms with Crippen LogP contribution in [0.3, 0.4) is 0 Å². The summed E-state index contributed by atoms with van der Waals surface area (Å²) in [5, 5.41) is 3.89. The lowest BCUT2D eigenvalue weighted by molar-refractivity contribution is 0.111. The number of aromatic nitrogens is 3. The van der Waals surface area contributed by atoms with Crippen LogP contribution in [0.4, 0.5) is 0 Å². The van der Waals surface area contributed by atoms with Gasteiger partial charge in [-0.3, -0.25) is 9.20 Å². The van der Waals surface area contributed by atoms with Gasteiger partial charge in [0, 0.05) is 17.8 Å². The maximum absolute atomic E-state index is 11.1. The van der Waals surface area contributed by atoms with E-state index >= 15 is 0 Å². The summed E-state index contributed by atoms with van der Waals surface area (Å²) in [7, 11) is 0. The third kappa shape index (κ3) is 2.03. The van der Waals surface area contributed by atoms with Crippen molar-refractivity contribution in [2.45, 2.75) is 10.1 Å². The molecule has 3 aromatic rings. The van der Waals surface area contributed by atoms with Crippen molar-refractivity contribution in [1.29, 1.82) is 0 Å². The third-order valence-electron chi connectivity index (χ3n) is 2.28. The standard InChI is InChI=1S/C11H6ClN3OS2/c12-7-1-2-9(13-5-7)18-10-8(6-16)15-3-4-17-11(15)14-10/h1-6H. The highest BCUT2D eigenvalue weighted by molar-refractivity contribution is 7.99. The zero-order valence-electron chi connectivity index (χ0n) is 8.91. The maximum Gasteiger partial charge on any atom is 0.195 e. The van der Waals surface area contributed by atoms with Crippen LogP contribution in [0.25, 0.3) is 4.96 Å². The van der Waals surface area contributed by atoms with E-state index in [4.69, 9.17) is 11.6 Å². The normalized spacial score (nSPS) is 10.9. The molecule has 4 nitrogen and oxygen atoms in total. The summed E-state index contributed by atoms with van der Waals surface area (Å²) in [6, 6.07) is 3.56. The zero-order valence-corrected chi connectivity index (χ0v) is 11.3.